The fourth-order valence-corrected chi connectivity index (χ4v) is 4.54. The Bertz CT molecular complexity index is 1240. The van der Waals surface area contributed by atoms with E-state index in [0.717, 1.165) is 34.2 Å². The first-order valence-electron chi connectivity index (χ1n) is 10.7. The molecule has 0 radical (unpaired) electrons. The fraction of sp³-hybridized carbons (Fsp3) is 0.154. The van der Waals surface area contributed by atoms with Crippen LogP contribution < -0.4 is 15.0 Å². The molecule has 0 aliphatic carbocycles. The van der Waals surface area contributed by atoms with Gasteiger partial charge in [-0.2, -0.15) is 0 Å². The number of anilines is 1. The van der Waals surface area contributed by atoms with Gasteiger partial charge >= 0.3 is 0 Å². The van der Waals surface area contributed by atoms with Gasteiger partial charge in [-0.05, 0) is 91.9 Å². The lowest BCUT2D eigenvalue weighted by molar-refractivity contribution is 0.340. The van der Waals surface area contributed by atoms with Gasteiger partial charge < -0.3 is 19.4 Å². The zero-order valence-electron chi connectivity index (χ0n) is 17.9. The number of aromatic nitrogens is 1. The first-order chi connectivity index (χ1) is 16.1. The van der Waals surface area contributed by atoms with E-state index in [1.807, 2.05) is 85.8 Å². The summed E-state index contributed by atoms with van der Waals surface area (Å²) in [4.78, 5) is 6.64. The van der Waals surface area contributed by atoms with E-state index in [-0.39, 0.29) is 12.1 Å². The van der Waals surface area contributed by atoms with Crippen LogP contribution in [0.25, 0.3) is 11.3 Å². The van der Waals surface area contributed by atoms with Gasteiger partial charge in [0, 0.05) is 22.5 Å². The third-order valence-corrected chi connectivity index (χ3v) is 6.14. The average Bonchev–Trinajstić information content (AvgIpc) is 3.46. The summed E-state index contributed by atoms with van der Waals surface area (Å²) in [6, 6.07) is 25.0. The highest BCUT2D eigenvalue weighted by molar-refractivity contribution is 7.80. The standard InChI is InChI=1S/C26H22ClN3O2S/c1-2-31-20-12-6-17(7-13-20)22-14-15-23(32-22)25-24(21-5-3-4-16-28-21)29-26(33)30(25)19-10-8-18(27)9-11-19/h3-16,24-25H,2H2,1H3,(H,29,33)/t24-,25+/m0/s1. The maximum Gasteiger partial charge on any atom is 0.174 e. The zero-order chi connectivity index (χ0) is 22.8. The first kappa shape index (κ1) is 21.5. The number of hydrogen-bond acceptors (Lipinski definition) is 4. The van der Waals surface area contributed by atoms with Gasteiger partial charge in [0.15, 0.2) is 5.11 Å². The number of nitrogens with one attached hydrogen (secondary N) is 1. The van der Waals surface area contributed by atoms with E-state index in [1.54, 1.807) is 6.20 Å². The second-order valence-electron chi connectivity index (χ2n) is 7.63. The van der Waals surface area contributed by atoms with Crippen molar-refractivity contribution in [2.24, 2.45) is 0 Å². The molecule has 1 saturated heterocycles. The summed E-state index contributed by atoms with van der Waals surface area (Å²) in [6.07, 6.45) is 1.79. The summed E-state index contributed by atoms with van der Waals surface area (Å²) < 4.78 is 11.9. The van der Waals surface area contributed by atoms with Crippen molar-refractivity contribution in [1.82, 2.24) is 10.3 Å². The van der Waals surface area contributed by atoms with Crippen LogP contribution in [0.15, 0.2) is 89.5 Å². The van der Waals surface area contributed by atoms with Crippen LogP contribution in [0.2, 0.25) is 5.02 Å². The molecule has 3 heterocycles. The number of pyridine rings is 1. The summed E-state index contributed by atoms with van der Waals surface area (Å²) >= 11 is 11.9. The van der Waals surface area contributed by atoms with Gasteiger partial charge in [-0.25, -0.2) is 0 Å². The van der Waals surface area contributed by atoms with E-state index in [0.29, 0.717) is 16.7 Å². The minimum Gasteiger partial charge on any atom is -0.494 e. The van der Waals surface area contributed by atoms with Crippen molar-refractivity contribution in [1.29, 1.82) is 0 Å². The number of halogens is 1. The van der Waals surface area contributed by atoms with Gasteiger partial charge in [0.1, 0.15) is 23.3 Å². The monoisotopic (exact) mass is 475 g/mol. The molecule has 166 valence electrons. The van der Waals surface area contributed by atoms with Gasteiger partial charge in [0.05, 0.1) is 18.3 Å². The molecule has 2 atom stereocenters. The predicted molar refractivity (Wildman–Crippen MR) is 135 cm³/mol. The van der Waals surface area contributed by atoms with Crippen LogP contribution in [-0.2, 0) is 0 Å². The van der Waals surface area contributed by atoms with Crippen LogP contribution >= 0.6 is 23.8 Å². The van der Waals surface area contributed by atoms with Gasteiger partial charge in [-0.1, -0.05) is 17.7 Å². The summed E-state index contributed by atoms with van der Waals surface area (Å²) in [5.41, 5.74) is 2.80. The van der Waals surface area contributed by atoms with Crippen LogP contribution in [0.4, 0.5) is 5.69 Å². The molecular formula is C26H22ClN3O2S. The Balaban J connectivity index is 1.54. The normalized spacial score (nSPS) is 17.8. The number of ether oxygens (including phenoxy) is 1. The van der Waals surface area contributed by atoms with Crippen LogP contribution in [0.5, 0.6) is 5.75 Å². The van der Waals surface area contributed by atoms with E-state index in [2.05, 4.69) is 15.2 Å². The Morgan fingerprint density at radius 2 is 1.82 bits per heavy atom. The molecule has 0 saturated carbocycles. The highest BCUT2D eigenvalue weighted by Crippen LogP contribution is 2.43. The van der Waals surface area contributed by atoms with E-state index >= 15 is 0 Å². The second-order valence-corrected chi connectivity index (χ2v) is 8.46. The van der Waals surface area contributed by atoms with Crippen LogP contribution in [0, 0.1) is 0 Å². The molecule has 1 fully saturated rings. The zero-order valence-corrected chi connectivity index (χ0v) is 19.5. The molecule has 33 heavy (non-hydrogen) atoms. The molecule has 7 heteroatoms. The molecule has 5 rings (SSSR count). The number of nitrogens with zero attached hydrogens (tertiary/aromatic N) is 2. The van der Waals surface area contributed by atoms with Crippen molar-refractivity contribution < 1.29 is 9.15 Å². The second kappa shape index (κ2) is 9.25. The summed E-state index contributed by atoms with van der Waals surface area (Å²) in [5.74, 6) is 2.40. The van der Waals surface area contributed by atoms with Crippen molar-refractivity contribution in [3.63, 3.8) is 0 Å². The third-order valence-electron chi connectivity index (χ3n) is 5.57. The van der Waals surface area contributed by atoms with E-state index in [1.165, 1.54) is 0 Å². The van der Waals surface area contributed by atoms with E-state index in [9.17, 15) is 0 Å². The van der Waals surface area contributed by atoms with E-state index in [4.69, 9.17) is 33.0 Å². The molecule has 5 nitrogen and oxygen atoms in total. The Hall–Kier alpha value is -3.35. The predicted octanol–water partition coefficient (Wildman–Crippen LogP) is 6.57. The Kier molecular flexibility index (Phi) is 6.03. The Morgan fingerprint density at radius 1 is 1.03 bits per heavy atom. The molecular weight excluding hydrogens is 454 g/mol. The molecule has 1 aliphatic heterocycles. The van der Waals surface area contributed by atoms with Crippen molar-refractivity contribution in [2.45, 2.75) is 19.0 Å². The molecule has 1 aliphatic rings. The van der Waals surface area contributed by atoms with Crippen molar-refractivity contribution >= 4 is 34.6 Å². The number of thiocarbonyl (C=S) groups is 1. The topological polar surface area (TPSA) is 50.5 Å². The number of benzene rings is 2. The summed E-state index contributed by atoms with van der Waals surface area (Å²) in [5, 5.41) is 4.72. The minimum absolute atomic E-state index is 0.172. The molecule has 0 unspecified atom stereocenters. The minimum atomic E-state index is -0.218. The Morgan fingerprint density at radius 3 is 2.52 bits per heavy atom. The number of furan rings is 1. The molecule has 2 aromatic heterocycles. The molecule has 0 amide bonds. The number of hydrogen-bond donors (Lipinski definition) is 1. The van der Waals surface area contributed by atoms with Gasteiger partial charge in [-0.15, -0.1) is 0 Å². The summed E-state index contributed by atoms with van der Waals surface area (Å²) in [7, 11) is 0. The maximum atomic E-state index is 6.39. The van der Waals surface area contributed by atoms with Crippen LogP contribution in [-0.4, -0.2) is 16.7 Å². The fourth-order valence-electron chi connectivity index (χ4n) is 4.07. The smallest absolute Gasteiger partial charge is 0.174 e. The lowest BCUT2D eigenvalue weighted by Gasteiger charge is -2.26. The van der Waals surface area contributed by atoms with Crippen LogP contribution in [0.1, 0.15) is 30.5 Å². The highest BCUT2D eigenvalue weighted by atomic mass is 35.5. The molecule has 0 spiro atoms. The quantitative estimate of drug-likeness (QED) is 0.318. The van der Waals surface area contributed by atoms with Crippen molar-refractivity contribution in [3.05, 3.63) is 102 Å². The first-order valence-corrected chi connectivity index (χ1v) is 11.5. The van der Waals surface area contributed by atoms with Crippen molar-refractivity contribution in [3.8, 4) is 17.1 Å². The highest BCUT2D eigenvalue weighted by Gasteiger charge is 2.42. The van der Waals surface area contributed by atoms with Crippen molar-refractivity contribution in [2.75, 3.05) is 11.5 Å². The molecule has 1 N–H and O–H groups in total. The largest absolute Gasteiger partial charge is 0.494 e. The van der Waals surface area contributed by atoms with E-state index < -0.39 is 0 Å². The average molecular weight is 476 g/mol. The third kappa shape index (κ3) is 4.32. The molecule has 4 aromatic rings. The van der Waals surface area contributed by atoms with Crippen LogP contribution in [0.3, 0.4) is 0 Å². The SMILES string of the molecule is CCOc1ccc(-c2ccc([C@@H]3[C@H](c4ccccn4)NC(=S)N3c3ccc(Cl)cc3)o2)cc1. The molecule has 2 aromatic carbocycles. The lowest BCUT2D eigenvalue weighted by Crippen LogP contribution is -2.29. The Labute approximate surface area is 203 Å². The van der Waals surface area contributed by atoms with Gasteiger partial charge in [0.2, 0.25) is 0 Å². The number of rotatable bonds is 6. The van der Waals surface area contributed by atoms with Gasteiger partial charge in [0.25, 0.3) is 0 Å². The van der Waals surface area contributed by atoms with Gasteiger partial charge in [-0.3, -0.25) is 4.98 Å². The molecule has 0 bridgehead atoms. The summed E-state index contributed by atoms with van der Waals surface area (Å²) in [6.45, 7) is 2.60. The maximum absolute atomic E-state index is 6.39. The lowest BCUT2D eigenvalue weighted by atomic mass is 10.0.